The van der Waals surface area contributed by atoms with E-state index in [-0.39, 0.29) is 18.4 Å². The highest BCUT2D eigenvalue weighted by molar-refractivity contribution is 5.87. The molecule has 2 unspecified atom stereocenters. The van der Waals surface area contributed by atoms with Gasteiger partial charge in [0.2, 0.25) is 5.91 Å². The van der Waals surface area contributed by atoms with Crippen molar-refractivity contribution in [2.75, 3.05) is 13.1 Å². The fourth-order valence-electron chi connectivity index (χ4n) is 1.77. The number of nitrogens with one attached hydrogen (secondary N) is 1. The average Bonchev–Trinajstić information content (AvgIpc) is 2.08. The zero-order chi connectivity index (χ0) is 10.7. The largest absolute Gasteiger partial charge is 0.481 e. The highest BCUT2D eigenvalue weighted by Crippen LogP contribution is 2.11. The lowest BCUT2D eigenvalue weighted by Crippen LogP contribution is -2.59. The zero-order valence-corrected chi connectivity index (χ0v) is 8.49. The Morgan fingerprint density at radius 3 is 2.86 bits per heavy atom. The van der Waals surface area contributed by atoms with E-state index in [9.17, 15) is 9.59 Å². The number of aliphatic carboxylic acids is 1. The fraction of sp³-hybridized carbons (Fsp3) is 0.778. The van der Waals surface area contributed by atoms with Gasteiger partial charge >= 0.3 is 5.97 Å². The molecule has 0 aliphatic carbocycles. The minimum absolute atomic E-state index is 0.104. The Balaban J connectivity index is 2.68. The molecule has 5 nitrogen and oxygen atoms in total. The van der Waals surface area contributed by atoms with Crippen LogP contribution < -0.4 is 5.32 Å². The van der Waals surface area contributed by atoms with Crippen molar-refractivity contribution in [2.45, 2.75) is 32.4 Å². The summed E-state index contributed by atoms with van der Waals surface area (Å²) in [5.74, 6) is -1.11. The topological polar surface area (TPSA) is 69.6 Å². The number of carboxylic acids is 1. The molecule has 5 heteroatoms. The van der Waals surface area contributed by atoms with Gasteiger partial charge in [0.05, 0.1) is 12.5 Å². The Morgan fingerprint density at radius 1 is 1.71 bits per heavy atom. The Labute approximate surface area is 83.1 Å². The van der Waals surface area contributed by atoms with Crippen molar-refractivity contribution in [3.63, 3.8) is 0 Å². The Morgan fingerprint density at radius 2 is 2.36 bits per heavy atom. The third kappa shape index (κ3) is 2.45. The second kappa shape index (κ2) is 4.41. The van der Waals surface area contributed by atoms with Gasteiger partial charge in [0.1, 0.15) is 0 Å². The summed E-state index contributed by atoms with van der Waals surface area (Å²) in [4.78, 5) is 23.9. The summed E-state index contributed by atoms with van der Waals surface area (Å²) in [7, 11) is 0. The molecule has 1 rings (SSSR count). The summed E-state index contributed by atoms with van der Waals surface area (Å²) in [5, 5.41) is 11.4. The van der Waals surface area contributed by atoms with Crippen molar-refractivity contribution in [3.05, 3.63) is 0 Å². The van der Waals surface area contributed by atoms with Gasteiger partial charge in [-0.25, -0.2) is 0 Å². The Kier molecular flexibility index (Phi) is 3.46. The van der Waals surface area contributed by atoms with Gasteiger partial charge in [0, 0.05) is 12.6 Å². The number of rotatable bonds is 3. The van der Waals surface area contributed by atoms with E-state index in [1.165, 1.54) is 0 Å². The van der Waals surface area contributed by atoms with Crippen LogP contribution in [0.4, 0.5) is 0 Å². The van der Waals surface area contributed by atoms with Crippen LogP contribution >= 0.6 is 0 Å². The van der Waals surface area contributed by atoms with Gasteiger partial charge in [0.15, 0.2) is 0 Å². The minimum atomic E-state index is -0.932. The van der Waals surface area contributed by atoms with Crippen molar-refractivity contribution in [1.29, 1.82) is 0 Å². The summed E-state index contributed by atoms with van der Waals surface area (Å²) < 4.78 is 0. The molecule has 0 spiro atoms. The van der Waals surface area contributed by atoms with Crippen LogP contribution in [0.2, 0.25) is 0 Å². The first-order valence-corrected chi connectivity index (χ1v) is 4.80. The molecule has 0 radical (unpaired) electrons. The highest BCUT2D eigenvalue weighted by atomic mass is 16.4. The van der Waals surface area contributed by atoms with Gasteiger partial charge in [-0.05, 0) is 13.5 Å². The first-order chi connectivity index (χ1) is 6.54. The van der Waals surface area contributed by atoms with Gasteiger partial charge < -0.3 is 10.4 Å². The smallest absolute Gasteiger partial charge is 0.305 e. The lowest BCUT2D eigenvalue weighted by Gasteiger charge is -2.36. The number of amides is 1. The number of carbonyl (C=O) groups excluding carboxylic acids is 1. The third-order valence-corrected chi connectivity index (χ3v) is 2.41. The van der Waals surface area contributed by atoms with Gasteiger partial charge in [-0.1, -0.05) is 6.92 Å². The van der Waals surface area contributed by atoms with Crippen molar-refractivity contribution in [3.8, 4) is 0 Å². The van der Waals surface area contributed by atoms with E-state index in [4.69, 9.17) is 5.11 Å². The summed E-state index contributed by atoms with van der Waals surface area (Å²) >= 11 is 0. The monoisotopic (exact) mass is 200 g/mol. The third-order valence-electron chi connectivity index (χ3n) is 2.41. The molecule has 0 aromatic carbocycles. The van der Waals surface area contributed by atoms with Crippen LogP contribution in [0.3, 0.4) is 0 Å². The maximum absolute atomic E-state index is 11.5. The van der Waals surface area contributed by atoms with Gasteiger partial charge in [-0.3, -0.25) is 14.5 Å². The predicted octanol–water partition coefficient (Wildman–Crippen LogP) is -0.330. The van der Waals surface area contributed by atoms with Crippen molar-refractivity contribution in [2.24, 2.45) is 0 Å². The van der Waals surface area contributed by atoms with Crippen LogP contribution in [0.15, 0.2) is 0 Å². The first-order valence-electron chi connectivity index (χ1n) is 4.80. The number of hydrogen-bond acceptors (Lipinski definition) is 3. The molecule has 1 aliphatic rings. The van der Waals surface area contributed by atoms with E-state index >= 15 is 0 Å². The fourth-order valence-corrected chi connectivity index (χ4v) is 1.77. The molecule has 1 fully saturated rings. The molecule has 80 valence electrons. The molecule has 1 heterocycles. The second-order valence-corrected chi connectivity index (χ2v) is 3.61. The Hall–Kier alpha value is -1.10. The van der Waals surface area contributed by atoms with E-state index in [0.29, 0.717) is 6.54 Å². The molecule has 0 saturated carbocycles. The van der Waals surface area contributed by atoms with E-state index in [2.05, 4.69) is 5.32 Å². The molecule has 0 bridgehead atoms. The molecule has 0 aromatic rings. The maximum atomic E-state index is 11.5. The molecular formula is C9H16N2O3. The van der Waals surface area contributed by atoms with Gasteiger partial charge in [0.25, 0.3) is 0 Å². The summed E-state index contributed by atoms with van der Waals surface area (Å²) in [6.07, 6.45) is -0.119. The average molecular weight is 200 g/mol. The Bertz CT molecular complexity index is 242. The SMILES string of the molecule is CCN1CC(C)NC(=O)C1CC(=O)O. The van der Waals surface area contributed by atoms with E-state index in [1.54, 1.807) is 0 Å². The summed E-state index contributed by atoms with van der Waals surface area (Å²) in [5.41, 5.74) is 0. The lowest BCUT2D eigenvalue weighted by atomic mass is 10.1. The quantitative estimate of drug-likeness (QED) is 0.654. The van der Waals surface area contributed by atoms with Gasteiger partial charge in [-0.2, -0.15) is 0 Å². The molecule has 1 amide bonds. The van der Waals surface area contributed by atoms with Crippen molar-refractivity contribution >= 4 is 11.9 Å². The van der Waals surface area contributed by atoms with E-state index in [0.717, 1.165) is 6.54 Å². The van der Waals surface area contributed by atoms with Crippen molar-refractivity contribution in [1.82, 2.24) is 10.2 Å². The van der Waals surface area contributed by atoms with E-state index in [1.807, 2.05) is 18.7 Å². The molecular weight excluding hydrogens is 184 g/mol. The summed E-state index contributed by atoms with van der Waals surface area (Å²) in [6.45, 7) is 5.27. The first kappa shape index (κ1) is 11.0. The normalized spacial score (nSPS) is 28.6. The van der Waals surface area contributed by atoms with Crippen molar-refractivity contribution < 1.29 is 14.7 Å². The standard InChI is InChI=1S/C9H16N2O3/c1-3-11-5-6(2)10-9(14)7(11)4-8(12)13/h6-7H,3-5H2,1-2H3,(H,10,14)(H,12,13). The van der Waals surface area contributed by atoms with Crippen LogP contribution in [0.25, 0.3) is 0 Å². The minimum Gasteiger partial charge on any atom is -0.481 e. The molecule has 0 aromatic heterocycles. The predicted molar refractivity (Wildman–Crippen MR) is 50.9 cm³/mol. The molecule has 1 aliphatic heterocycles. The van der Waals surface area contributed by atoms with Crippen LogP contribution in [0, 0.1) is 0 Å². The summed E-state index contributed by atoms with van der Waals surface area (Å²) in [6, 6.07) is -0.402. The highest BCUT2D eigenvalue weighted by Gasteiger charge is 2.33. The van der Waals surface area contributed by atoms with E-state index < -0.39 is 12.0 Å². The molecule has 2 atom stereocenters. The maximum Gasteiger partial charge on any atom is 0.305 e. The lowest BCUT2D eigenvalue weighted by molar-refractivity contribution is -0.143. The molecule has 2 N–H and O–H groups in total. The number of nitrogens with zero attached hydrogens (tertiary/aromatic N) is 1. The van der Waals surface area contributed by atoms with Crippen LogP contribution in [0.5, 0.6) is 0 Å². The second-order valence-electron chi connectivity index (χ2n) is 3.61. The molecule has 1 saturated heterocycles. The number of likely N-dealkylation sites (N-methyl/N-ethyl adjacent to an activating group) is 1. The van der Waals surface area contributed by atoms with Crippen LogP contribution in [0.1, 0.15) is 20.3 Å². The number of hydrogen-bond donors (Lipinski definition) is 2. The number of carboxylic acid groups (broad SMARTS) is 1. The van der Waals surface area contributed by atoms with Crippen LogP contribution in [-0.2, 0) is 9.59 Å². The zero-order valence-electron chi connectivity index (χ0n) is 8.49. The van der Waals surface area contributed by atoms with Gasteiger partial charge in [-0.15, -0.1) is 0 Å². The molecule has 14 heavy (non-hydrogen) atoms. The number of piperazine rings is 1. The number of carbonyl (C=O) groups is 2. The van der Waals surface area contributed by atoms with Crippen LogP contribution in [-0.4, -0.2) is 47.1 Å².